The molecule has 142 valence electrons. The standard InChI is InChI=1S/C21H19ClN4O2/c1-13-8-17(12-23-11-13)24-21(27)26-6-7-28-19-14(2)9-18(25-20(19)26)15-4-3-5-16(22)10-15/h3-5,8-12H,6-7H2,1-2H3,(H,24,27). The van der Waals surface area contributed by atoms with E-state index in [1.165, 1.54) is 0 Å². The lowest BCUT2D eigenvalue weighted by atomic mass is 10.1. The zero-order chi connectivity index (χ0) is 19.7. The molecule has 6 nitrogen and oxygen atoms in total. The SMILES string of the molecule is Cc1cncc(NC(=O)N2CCOc3c(C)cc(-c4cccc(Cl)c4)nc32)c1. The highest BCUT2D eigenvalue weighted by Gasteiger charge is 2.27. The number of hydrogen-bond acceptors (Lipinski definition) is 4. The summed E-state index contributed by atoms with van der Waals surface area (Å²) in [6.45, 7) is 4.68. The van der Waals surface area contributed by atoms with Crippen molar-refractivity contribution in [3.05, 3.63) is 64.9 Å². The monoisotopic (exact) mass is 394 g/mol. The summed E-state index contributed by atoms with van der Waals surface area (Å²) in [5, 5.41) is 3.52. The molecule has 0 saturated carbocycles. The van der Waals surface area contributed by atoms with Crippen LogP contribution in [0.5, 0.6) is 5.75 Å². The van der Waals surface area contributed by atoms with Crippen LogP contribution in [0.25, 0.3) is 11.3 Å². The molecule has 3 aromatic rings. The van der Waals surface area contributed by atoms with Crippen LogP contribution in [0.15, 0.2) is 48.8 Å². The summed E-state index contributed by atoms with van der Waals surface area (Å²) < 4.78 is 5.80. The van der Waals surface area contributed by atoms with Gasteiger partial charge in [0.2, 0.25) is 0 Å². The molecular formula is C21H19ClN4O2. The van der Waals surface area contributed by atoms with E-state index in [0.717, 1.165) is 22.4 Å². The summed E-state index contributed by atoms with van der Waals surface area (Å²) in [7, 11) is 0. The summed E-state index contributed by atoms with van der Waals surface area (Å²) in [6, 6.07) is 11.0. The fourth-order valence-corrected chi connectivity index (χ4v) is 3.35. The van der Waals surface area contributed by atoms with E-state index >= 15 is 0 Å². The van der Waals surface area contributed by atoms with Crippen molar-refractivity contribution in [3.8, 4) is 17.0 Å². The maximum atomic E-state index is 12.9. The van der Waals surface area contributed by atoms with Gasteiger partial charge >= 0.3 is 6.03 Å². The Morgan fingerprint density at radius 2 is 2.07 bits per heavy atom. The van der Waals surface area contributed by atoms with E-state index in [1.807, 2.05) is 50.2 Å². The highest BCUT2D eigenvalue weighted by Crippen LogP contribution is 2.36. The van der Waals surface area contributed by atoms with Gasteiger partial charge in [-0.05, 0) is 49.2 Å². The lowest BCUT2D eigenvalue weighted by Crippen LogP contribution is -2.41. The molecule has 7 heteroatoms. The van der Waals surface area contributed by atoms with Gasteiger partial charge in [0, 0.05) is 16.8 Å². The minimum absolute atomic E-state index is 0.271. The number of benzene rings is 1. The van der Waals surface area contributed by atoms with Crippen molar-refractivity contribution in [2.75, 3.05) is 23.4 Å². The summed E-state index contributed by atoms with van der Waals surface area (Å²) in [4.78, 5) is 23.4. The Morgan fingerprint density at radius 1 is 1.21 bits per heavy atom. The Bertz CT molecular complexity index is 1050. The number of rotatable bonds is 2. The molecular weight excluding hydrogens is 376 g/mol. The molecule has 0 spiro atoms. The molecule has 1 aliphatic rings. The van der Waals surface area contributed by atoms with E-state index in [4.69, 9.17) is 21.3 Å². The average Bonchev–Trinajstić information content (AvgIpc) is 2.67. The molecule has 4 rings (SSSR count). The van der Waals surface area contributed by atoms with Crippen LogP contribution in [0.4, 0.5) is 16.3 Å². The highest BCUT2D eigenvalue weighted by molar-refractivity contribution is 6.30. The van der Waals surface area contributed by atoms with Gasteiger partial charge in [0.05, 0.1) is 24.1 Å². The number of hydrogen-bond donors (Lipinski definition) is 1. The van der Waals surface area contributed by atoms with Gasteiger partial charge in [0.1, 0.15) is 6.61 Å². The van der Waals surface area contributed by atoms with Crippen LogP contribution in [0, 0.1) is 13.8 Å². The van der Waals surface area contributed by atoms with Gasteiger partial charge < -0.3 is 10.1 Å². The molecule has 3 heterocycles. The fourth-order valence-electron chi connectivity index (χ4n) is 3.16. The third-order valence-electron chi connectivity index (χ3n) is 4.45. The molecule has 0 radical (unpaired) electrons. The quantitative estimate of drug-likeness (QED) is 0.675. The number of ether oxygens (including phenoxy) is 1. The highest BCUT2D eigenvalue weighted by atomic mass is 35.5. The van der Waals surface area contributed by atoms with Crippen molar-refractivity contribution < 1.29 is 9.53 Å². The first kappa shape index (κ1) is 18.3. The Kier molecular flexibility index (Phi) is 4.88. The first-order valence-electron chi connectivity index (χ1n) is 8.92. The Balaban J connectivity index is 1.70. The van der Waals surface area contributed by atoms with E-state index in [9.17, 15) is 4.79 Å². The number of nitrogens with zero attached hydrogens (tertiary/aromatic N) is 3. The smallest absolute Gasteiger partial charge is 0.327 e. The molecule has 0 fully saturated rings. The predicted octanol–water partition coefficient (Wildman–Crippen LogP) is 4.84. The van der Waals surface area contributed by atoms with Gasteiger partial charge in [-0.15, -0.1) is 0 Å². The molecule has 1 aromatic carbocycles. The molecule has 2 amide bonds. The average molecular weight is 395 g/mol. The molecule has 0 bridgehead atoms. The first-order chi connectivity index (χ1) is 13.5. The normalized spacial score (nSPS) is 12.9. The topological polar surface area (TPSA) is 67.4 Å². The Morgan fingerprint density at radius 3 is 2.86 bits per heavy atom. The summed E-state index contributed by atoms with van der Waals surface area (Å²) in [6.07, 6.45) is 3.36. The van der Waals surface area contributed by atoms with E-state index < -0.39 is 0 Å². The molecule has 28 heavy (non-hydrogen) atoms. The number of fused-ring (bicyclic) bond motifs is 1. The van der Waals surface area contributed by atoms with Crippen molar-refractivity contribution in [2.24, 2.45) is 0 Å². The van der Waals surface area contributed by atoms with E-state index in [-0.39, 0.29) is 6.03 Å². The Hall–Kier alpha value is -3.12. The van der Waals surface area contributed by atoms with Gasteiger partial charge in [0.25, 0.3) is 0 Å². The zero-order valence-corrected chi connectivity index (χ0v) is 16.3. The number of pyridine rings is 2. The number of amides is 2. The number of carbonyl (C=O) groups is 1. The Labute approximate surface area is 168 Å². The largest absolute Gasteiger partial charge is 0.488 e. The third kappa shape index (κ3) is 3.64. The lowest BCUT2D eigenvalue weighted by Gasteiger charge is -2.30. The van der Waals surface area contributed by atoms with Crippen molar-refractivity contribution in [1.29, 1.82) is 0 Å². The number of carbonyl (C=O) groups excluding carboxylic acids is 1. The van der Waals surface area contributed by atoms with Crippen LogP contribution in [-0.4, -0.2) is 29.2 Å². The van der Waals surface area contributed by atoms with E-state index in [2.05, 4.69) is 10.3 Å². The number of aryl methyl sites for hydroxylation is 2. The third-order valence-corrected chi connectivity index (χ3v) is 4.68. The number of anilines is 2. The number of nitrogens with one attached hydrogen (secondary N) is 1. The molecule has 0 atom stereocenters. The van der Waals surface area contributed by atoms with E-state index in [0.29, 0.717) is 35.4 Å². The van der Waals surface area contributed by atoms with Crippen LogP contribution in [-0.2, 0) is 0 Å². The minimum atomic E-state index is -0.271. The van der Waals surface area contributed by atoms with Gasteiger partial charge in [0.15, 0.2) is 11.6 Å². The van der Waals surface area contributed by atoms with E-state index in [1.54, 1.807) is 17.3 Å². The first-order valence-corrected chi connectivity index (χ1v) is 9.29. The predicted molar refractivity (Wildman–Crippen MR) is 110 cm³/mol. The zero-order valence-electron chi connectivity index (χ0n) is 15.6. The summed E-state index contributed by atoms with van der Waals surface area (Å²) in [5.74, 6) is 1.12. The second-order valence-electron chi connectivity index (χ2n) is 6.67. The summed E-state index contributed by atoms with van der Waals surface area (Å²) in [5.41, 5.74) is 4.14. The lowest BCUT2D eigenvalue weighted by molar-refractivity contribution is 0.249. The van der Waals surface area contributed by atoms with Crippen molar-refractivity contribution in [1.82, 2.24) is 9.97 Å². The van der Waals surface area contributed by atoms with Crippen LogP contribution < -0.4 is 15.0 Å². The van der Waals surface area contributed by atoms with Crippen LogP contribution >= 0.6 is 11.6 Å². The van der Waals surface area contributed by atoms with Crippen LogP contribution in [0.2, 0.25) is 5.02 Å². The van der Waals surface area contributed by atoms with Gasteiger partial charge in [-0.3, -0.25) is 9.88 Å². The molecule has 0 saturated heterocycles. The fraction of sp³-hybridized carbons (Fsp3) is 0.190. The van der Waals surface area contributed by atoms with Crippen LogP contribution in [0.1, 0.15) is 11.1 Å². The number of aromatic nitrogens is 2. The maximum absolute atomic E-state index is 12.9. The minimum Gasteiger partial charge on any atom is -0.488 e. The summed E-state index contributed by atoms with van der Waals surface area (Å²) >= 11 is 6.13. The number of halogens is 1. The molecule has 1 aliphatic heterocycles. The van der Waals surface area contributed by atoms with Crippen LogP contribution in [0.3, 0.4) is 0 Å². The van der Waals surface area contributed by atoms with Gasteiger partial charge in [-0.2, -0.15) is 0 Å². The molecule has 0 aliphatic carbocycles. The molecule has 1 N–H and O–H groups in total. The van der Waals surface area contributed by atoms with Gasteiger partial charge in [-0.1, -0.05) is 23.7 Å². The molecule has 2 aromatic heterocycles. The van der Waals surface area contributed by atoms with Crippen molar-refractivity contribution >= 4 is 29.1 Å². The molecule has 0 unspecified atom stereocenters. The maximum Gasteiger partial charge on any atom is 0.327 e. The van der Waals surface area contributed by atoms with Gasteiger partial charge in [-0.25, -0.2) is 9.78 Å². The van der Waals surface area contributed by atoms with Crippen molar-refractivity contribution in [2.45, 2.75) is 13.8 Å². The van der Waals surface area contributed by atoms with Crippen molar-refractivity contribution in [3.63, 3.8) is 0 Å². The number of urea groups is 1. The second kappa shape index (κ2) is 7.48. The second-order valence-corrected chi connectivity index (χ2v) is 7.11.